The van der Waals surface area contributed by atoms with Crippen molar-refractivity contribution in [2.24, 2.45) is 0 Å². The molecule has 0 aliphatic heterocycles. The molecule has 0 saturated carbocycles. The average Bonchev–Trinajstić information content (AvgIpc) is 2.34. The molecule has 0 unspecified atom stereocenters. The van der Waals surface area contributed by atoms with Gasteiger partial charge in [0.1, 0.15) is 0 Å². The molecule has 0 aromatic rings. The Morgan fingerprint density at radius 1 is 0.667 bits per heavy atom. The van der Waals surface area contributed by atoms with E-state index in [0.29, 0.717) is 6.61 Å². The molecule has 0 aromatic carbocycles. The average molecular weight is 259 g/mol. The van der Waals surface area contributed by atoms with Crippen LogP contribution in [0.25, 0.3) is 0 Å². The van der Waals surface area contributed by atoms with Crippen molar-refractivity contribution in [1.82, 2.24) is 0 Å². The van der Waals surface area contributed by atoms with Crippen molar-refractivity contribution in [2.45, 2.75) is 77.0 Å². The molecule has 108 valence electrons. The molecule has 0 amide bonds. The van der Waals surface area contributed by atoms with Crippen LogP contribution >= 0.6 is 0 Å². The first kappa shape index (κ1) is 17.4. The number of hydrogen-bond donors (Lipinski definition) is 1. The molecular weight excluding hydrogens is 230 g/mol. The van der Waals surface area contributed by atoms with Crippen molar-refractivity contribution < 1.29 is 10.0 Å². The van der Waals surface area contributed by atoms with Gasteiger partial charge in [0.15, 0.2) is 0 Å². The van der Waals surface area contributed by atoms with Gasteiger partial charge in [-0.3, -0.25) is 10.1 Å². The zero-order valence-corrected chi connectivity index (χ0v) is 11.6. The maximum absolute atomic E-state index is 10.1. The maximum atomic E-state index is 10.1. The van der Waals surface area contributed by atoms with Crippen molar-refractivity contribution in [3.05, 3.63) is 10.1 Å². The Morgan fingerprint density at radius 2 is 1.00 bits per heavy atom. The van der Waals surface area contributed by atoms with Gasteiger partial charge in [-0.15, -0.1) is 0 Å². The second kappa shape index (κ2) is 14.4. The molecule has 0 spiro atoms. The van der Waals surface area contributed by atoms with Crippen LogP contribution in [0.3, 0.4) is 0 Å². The van der Waals surface area contributed by atoms with Crippen LogP contribution in [0.5, 0.6) is 0 Å². The topological polar surface area (TPSA) is 63.4 Å². The fraction of sp³-hybridized carbons (Fsp3) is 1.00. The third kappa shape index (κ3) is 15.4. The van der Waals surface area contributed by atoms with Gasteiger partial charge in [0.2, 0.25) is 6.54 Å². The lowest BCUT2D eigenvalue weighted by Crippen LogP contribution is -1.99. The molecule has 4 nitrogen and oxygen atoms in total. The zero-order chi connectivity index (χ0) is 13.5. The lowest BCUT2D eigenvalue weighted by molar-refractivity contribution is -0.480. The summed E-state index contributed by atoms with van der Waals surface area (Å²) in [4.78, 5) is 9.87. The van der Waals surface area contributed by atoms with E-state index in [9.17, 15) is 10.1 Å². The van der Waals surface area contributed by atoms with Gasteiger partial charge in [0, 0.05) is 18.0 Å². The molecular formula is C14H29NO3. The number of rotatable bonds is 14. The number of aliphatic hydroxyl groups excluding tert-OH is 1. The van der Waals surface area contributed by atoms with Crippen LogP contribution < -0.4 is 0 Å². The molecule has 0 aliphatic rings. The van der Waals surface area contributed by atoms with E-state index in [0.717, 1.165) is 32.1 Å². The third-order valence-electron chi connectivity index (χ3n) is 3.25. The van der Waals surface area contributed by atoms with Crippen molar-refractivity contribution >= 4 is 0 Å². The molecule has 0 bridgehead atoms. The minimum atomic E-state index is -0.225. The summed E-state index contributed by atoms with van der Waals surface area (Å²) in [6, 6.07) is 0. The number of aliphatic hydroxyl groups is 1. The standard InChI is InChI=1S/C14H29NO3/c16-14-12-10-8-6-4-2-1-3-5-7-9-11-13-15(17)18/h16H,1-14H2. The monoisotopic (exact) mass is 259 g/mol. The molecule has 0 saturated heterocycles. The summed E-state index contributed by atoms with van der Waals surface area (Å²) in [6.45, 7) is 0.463. The van der Waals surface area contributed by atoms with E-state index in [1.54, 1.807) is 0 Å². The van der Waals surface area contributed by atoms with Crippen LogP contribution in [0.1, 0.15) is 77.0 Å². The Kier molecular flexibility index (Phi) is 13.9. The van der Waals surface area contributed by atoms with Crippen molar-refractivity contribution in [3.63, 3.8) is 0 Å². The van der Waals surface area contributed by atoms with E-state index >= 15 is 0 Å². The van der Waals surface area contributed by atoms with E-state index in [-0.39, 0.29) is 11.5 Å². The van der Waals surface area contributed by atoms with Crippen LogP contribution in [-0.4, -0.2) is 23.2 Å². The lowest BCUT2D eigenvalue weighted by atomic mass is 10.1. The predicted octanol–water partition coefficient (Wildman–Crippen LogP) is 3.94. The van der Waals surface area contributed by atoms with Crippen LogP contribution in [-0.2, 0) is 0 Å². The highest BCUT2D eigenvalue weighted by Gasteiger charge is 1.97. The molecule has 0 aliphatic carbocycles. The second-order valence-corrected chi connectivity index (χ2v) is 5.02. The number of unbranched alkanes of at least 4 members (excludes halogenated alkanes) is 11. The molecule has 18 heavy (non-hydrogen) atoms. The van der Waals surface area contributed by atoms with E-state index in [4.69, 9.17) is 5.11 Å². The Morgan fingerprint density at radius 3 is 1.33 bits per heavy atom. The zero-order valence-electron chi connectivity index (χ0n) is 11.6. The summed E-state index contributed by atoms with van der Waals surface area (Å²) in [5.41, 5.74) is 0. The SMILES string of the molecule is O=[N+]([O-])CCCCCCCCCCCCCCO. The minimum Gasteiger partial charge on any atom is -0.396 e. The molecule has 4 heteroatoms. The normalized spacial score (nSPS) is 10.7. The maximum Gasteiger partial charge on any atom is 0.203 e. The molecule has 0 atom stereocenters. The molecule has 0 fully saturated rings. The van der Waals surface area contributed by atoms with Crippen molar-refractivity contribution in [3.8, 4) is 0 Å². The van der Waals surface area contributed by atoms with Crippen LogP contribution in [0, 0.1) is 10.1 Å². The van der Waals surface area contributed by atoms with Gasteiger partial charge in [-0.2, -0.15) is 0 Å². The van der Waals surface area contributed by atoms with Gasteiger partial charge in [-0.1, -0.05) is 57.8 Å². The van der Waals surface area contributed by atoms with Gasteiger partial charge in [-0.25, -0.2) is 0 Å². The Hall–Kier alpha value is -0.640. The first-order valence-electron chi connectivity index (χ1n) is 7.50. The van der Waals surface area contributed by atoms with E-state index in [1.165, 1.54) is 44.9 Å². The fourth-order valence-corrected chi connectivity index (χ4v) is 2.12. The summed E-state index contributed by atoms with van der Waals surface area (Å²) < 4.78 is 0. The summed E-state index contributed by atoms with van der Waals surface area (Å²) in [7, 11) is 0. The van der Waals surface area contributed by atoms with Crippen molar-refractivity contribution in [1.29, 1.82) is 0 Å². The highest BCUT2D eigenvalue weighted by Crippen LogP contribution is 2.11. The largest absolute Gasteiger partial charge is 0.396 e. The highest BCUT2D eigenvalue weighted by molar-refractivity contribution is 4.48. The van der Waals surface area contributed by atoms with Crippen LogP contribution in [0.4, 0.5) is 0 Å². The van der Waals surface area contributed by atoms with Crippen LogP contribution in [0.2, 0.25) is 0 Å². The Balaban J connectivity index is 2.92. The van der Waals surface area contributed by atoms with Gasteiger partial charge in [-0.05, 0) is 12.8 Å². The molecule has 0 rings (SSSR count). The highest BCUT2D eigenvalue weighted by atomic mass is 16.6. The predicted molar refractivity (Wildman–Crippen MR) is 74.4 cm³/mol. The quantitative estimate of drug-likeness (QED) is 0.292. The Labute approximate surface area is 111 Å². The second-order valence-electron chi connectivity index (χ2n) is 5.02. The third-order valence-corrected chi connectivity index (χ3v) is 3.25. The summed E-state index contributed by atoms with van der Waals surface area (Å²) >= 11 is 0. The molecule has 0 radical (unpaired) electrons. The van der Waals surface area contributed by atoms with E-state index in [1.807, 2.05) is 0 Å². The lowest BCUT2D eigenvalue weighted by Gasteiger charge is -2.02. The van der Waals surface area contributed by atoms with Gasteiger partial charge >= 0.3 is 0 Å². The van der Waals surface area contributed by atoms with E-state index < -0.39 is 0 Å². The minimum absolute atomic E-state index is 0.133. The summed E-state index contributed by atoms with van der Waals surface area (Å²) in [6.07, 6.45) is 14.0. The Bertz CT molecular complexity index is 186. The summed E-state index contributed by atoms with van der Waals surface area (Å²) in [5.74, 6) is 0. The number of hydrogen-bond acceptors (Lipinski definition) is 3. The number of nitrogens with zero attached hydrogens (tertiary/aromatic N) is 1. The fourth-order valence-electron chi connectivity index (χ4n) is 2.12. The van der Waals surface area contributed by atoms with Crippen LogP contribution in [0.15, 0.2) is 0 Å². The van der Waals surface area contributed by atoms with Gasteiger partial charge in [0.05, 0.1) is 0 Å². The van der Waals surface area contributed by atoms with Gasteiger partial charge in [0.25, 0.3) is 0 Å². The van der Waals surface area contributed by atoms with Gasteiger partial charge < -0.3 is 5.11 Å². The first-order chi connectivity index (χ1) is 8.77. The molecule has 0 heterocycles. The number of nitro groups is 1. The van der Waals surface area contributed by atoms with E-state index in [2.05, 4.69) is 0 Å². The summed E-state index contributed by atoms with van der Waals surface area (Å²) in [5, 5.41) is 18.7. The smallest absolute Gasteiger partial charge is 0.203 e. The molecule has 0 aromatic heterocycles. The first-order valence-corrected chi connectivity index (χ1v) is 7.50. The van der Waals surface area contributed by atoms with Crippen molar-refractivity contribution in [2.75, 3.05) is 13.2 Å². The molecule has 1 N–H and O–H groups in total.